The molecule has 2 aromatic carbocycles. The summed E-state index contributed by atoms with van der Waals surface area (Å²) in [4.78, 5) is 49.5. The fraction of sp³-hybridized carbons (Fsp3) is 0.308. The molecule has 3 N–H and O–H groups in total. The standard InChI is InChI=1S/C26H27N3O6/c1-16(25(33)29-13-12-27-24(32)22(29)14-23(30)31)10-11-28-26(34)35-15-21-19-8-4-2-6-17(19)18-7-3-5-9-20(18)21/h2-10,21-22H,11-15H2,1H3,(H,27,32)(H,28,34)(H,30,31)/b16-10+. The van der Waals surface area contributed by atoms with Crippen molar-refractivity contribution >= 4 is 23.9 Å². The first-order valence-electron chi connectivity index (χ1n) is 11.4. The predicted molar refractivity (Wildman–Crippen MR) is 128 cm³/mol. The van der Waals surface area contributed by atoms with E-state index < -0.39 is 36.3 Å². The van der Waals surface area contributed by atoms with Crippen molar-refractivity contribution in [2.24, 2.45) is 0 Å². The van der Waals surface area contributed by atoms with Crippen LogP contribution in [0.15, 0.2) is 60.2 Å². The number of alkyl carbamates (subject to hydrolysis) is 1. The zero-order valence-corrected chi connectivity index (χ0v) is 19.3. The van der Waals surface area contributed by atoms with Gasteiger partial charge in [0.25, 0.3) is 0 Å². The van der Waals surface area contributed by atoms with E-state index in [9.17, 15) is 19.2 Å². The van der Waals surface area contributed by atoms with Crippen molar-refractivity contribution in [2.45, 2.75) is 25.3 Å². The van der Waals surface area contributed by atoms with Crippen molar-refractivity contribution in [3.05, 3.63) is 71.3 Å². The van der Waals surface area contributed by atoms with Crippen LogP contribution in [0.25, 0.3) is 11.1 Å². The highest BCUT2D eigenvalue weighted by Crippen LogP contribution is 2.44. The van der Waals surface area contributed by atoms with Crippen LogP contribution in [0.1, 0.15) is 30.4 Å². The zero-order chi connectivity index (χ0) is 24.9. The molecule has 2 aromatic rings. The van der Waals surface area contributed by atoms with Crippen molar-refractivity contribution in [1.82, 2.24) is 15.5 Å². The number of carboxylic acid groups (broad SMARTS) is 1. The van der Waals surface area contributed by atoms with Gasteiger partial charge in [0.2, 0.25) is 11.8 Å². The Hall–Kier alpha value is -4.14. The fourth-order valence-electron chi connectivity index (χ4n) is 4.58. The van der Waals surface area contributed by atoms with Gasteiger partial charge in [0.1, 0.15) is 12.6 Å². The van der Waals surface area contributed by atoms with Crippen LogP contribution in [-0.2, 0) is 19.1 Å². The van der Waals surface area contributed by atoms with Gasteiger partial charge in [-0.3, -0.25) is 14.4 Å². The Kier molecular flexibility index (Phi) is 7.14. The smallest absolute Gasteiger partial charge is 0.407 e. The van der Waals surface area contributed by atoms with Crippen molar-refractivity contribution in [3.63, 3.8) is 0 Å². The summed E-state index contributed by atoms with van der Waals surface area (Å²) in [5.74, 6) is -2.15. The number of nitrogens with one attached hydrogen (secondary N) is 2. The molecule has 1 unspecified atom stereocenters. The maximum atomic E-state index is 12.8. The number of hydrogen-bond donors (Lipinski definition) is 3. The highest BCUT2D eigenvalue weighted by Gasteiger charge is 2.35. The van der Waals surface area contributed by atoms with Crippen LogP contribution in [-0.4, -0.2) is 66.2 Å². The average molecular weight is 478 g/mol. The summed E-state index contributed by atoms with van der Waals surface area (Å²) in [5, 5.41) is 14.3. The van der Waals surface area contributed by atoms with E-state index in [1.165, 1.54) is 11.0 Å². The number of fused-ring (bicyclic) bond motifs is 3. The Morgan fingerprint density at radius 2 is 1.74 bits per heavy atom. The van der Waals surface area contributed by atoms with Crippen LogP contribution in [0.4, 0.5) is 4.79 Å². The van der Waals surface area contributed by atoms with E-state index in [0.29, 0.717) is 5.57 Å². The van der Waals surface area contributed by atoms with E-state index in [4.69, 9.17) is 9.84 Å². The number of ether oxygens (including phenoxy) is 1. The highest BCUT2D eigenvalue weighted by atomic mass is 16.5. The van der Waals surface area contributed by atoms with E-state index in [2.05, 4.69) is 22.8 Å². The molecule has 0 saturated carbocycles. The maximum Gasteiger partial charge on any atom is 0.407 e. The number of nitrogens with zero attached hydrogens (tertiary/aromatic N) is 1. The average Bonchev–Trinajstić information content (AvgIpc) is 3.17. The Bertz CT molecular complexity index is 1150. The maximum absolute atomic E-state index is 12.8. The lowest BCUT2D eigenvalue weighted by molar-refractivity contribution is -0.147. The second-order valence-corrected chi connectivity index (χ2v) is 8.50. The van der Waals surface area contributed by atoms with Crippen LogP contribution < -0.4 is 10.6 Å². The molecule has 2 aliphatic rings. The lowest BCUT2D eigenvalue weighted by Gasteiger charge is -2.34. The van der Waals surface area contributed by atoms with Crippen LogP contribution >= 0.6 is 0 Å². The lowest BCUT2D eigenvalue weighted by Crippen LogP contribution is -2.58. The molecule has 3 amide bonds. The van der Waals surface area contributed by atoms with Crippen molar-refractivity contribution < 1.29 is 29.0 Å². The molecule has 1 saturated heterocycles. The molecule has 1 atom stereocenters. The van der Waals surface area contributed by atoms with Gasteiger partial charge in [-0.25, -0.2) is 4.79 Å². The van der Waals surface area contributed by atoms with Gasteiger partial charge >= 0.3 is 12.1 Å². The quantitative estimate of drug-likeness (QED) is 0.526. The number of aliphatic carboxylic acids is 1. The molecular formula is C26H27N3O6. The summed E-state index contributed by atoms with van der Waals surface area (Å²) >= 11 is 0. The topological polar surface area (TPSA) is 125 Å². The van der Waals surface area contributed by atoms with Gasteiger partial charge in [-0.05, 0) is 29.2 Å². The largest absolute Gasteiger partial charge is 0.481 e. The van der Waals surface area contributed by atoms with Crippen LogP contribution in [0.2, 0.25) is 0 Å². The molecule has 0 aromatic heterocycles. The number of carbonyl (C=O) groups is 4. The summed E-state index contributed by atoms with van der Waals surface area (Å²) < 4.78 is 5.48. The summed E-state index contributed by atoms with van der Waals surface area (Å²) in [6.45, 7) is 2.27. The SMILES string of the molecule is C/C(=C\CNC(=O)OCC1c2ccccc2-c2ccccc21)C(=O)N1CCNC(=O)C1CC(=O)O. The second-order valence-electron chi connectivity index (χ2n) is 8.50. The van der Waals surface area contributed by atoms with E-state index in [-0.39, 0.29) is 32.2 Å². The number of hydrogen-bond acceptors (Lipinski definition) is 5. The summed E-state index contributed by atoms with van der Waals surface area (Å²) in [5.41, 5.74) is 4.81. The zero-order valence-electron chi connectivity index (χ0n) is 19.3. The monoisotopic (exact) mass is 477 g/mol. The number of piperazine rings is 1. The van der Waals surface area contributed by atoms with Crippen LogP contribution in [0.3, 0.4) is 0 Å². The molecule has 1 heterocycles. The minimum absolute atomic E-state index is 0.0524. The van der Waals surface area contributed by atoms with Crippen LogP contribution in [0, 0.1) is 0 Å². The van der Waals surface area contributed by atoms with E-state index >= 15 is 0 Å². The molecule has 35 heavy (non-hydrogen) atoms. The van der Waals surface area contributed by atoms with Crippen molar-refractivity contribution in [1.29, 1.82) is 0 Å². The molecular weight excluding hydrogens is 450 g/mol. The number of benzene rings is 2. The van der Waals surface area contributed by atoms with Gasteiger partial charge in [-0.15, -0.1) is 0 Å². The normalized spacial score (nSPS) is 17.3. The van der Waals surface area contributed by atoms with Gasteiger partial charge in [0.15, 0.2) is 0 Å². The molecule has 0 radical (unpaired) electrons. The van der Waals surface area contributed by atoms with Gasteiger partial charge < -0.3 is 25.4 Å². The number of carbonyl (C=O) groups excluding carboxylic acids is 3. The molecule has 1 aliphatic carbocycles. The first-order chi connectivity index (χ1) is 16.9. The van der Waals surface area contributed by atoms with Crippen molar-refractivity contribution in [2.75, 3.05) is 26.2 Å². The first-order valence-corrected chi connectivity index (χ1v) is 11.4. The van der Waals surface area contributed by atoms with E-state index in [1.54, 1.807) is 6.92 Å². The van der Waals surface area contributed by atoms with Gasteiger partial charge in [-0.1, -0.05) is 54.6 Å². The van der Waals surface area contributed by atoms with E-state index in [0.717, 1.165) is 22.3 Å². The second kappa shape index (κ2) is 10.4. The van der Waals surface area contributed by atoms with Crippen LogP contribution in [0.5, 0.6) is 0 Å². The minimum atomic E-state index is -1.16. The Balaban J connectivity index is 1.32. The Labute approximate surface area is 202 Å². The fourth-order valence-corrected chi connectivity index (χ4v) is 4.58. The predicted octanol–water partition coefficient (Wildman–Crippen LogP) is 2.27. The minimum Gasteiger partial charge on any atom is -0.481 e. The third kappa shape index (κ3) is 5.18. The third-order valence-corrected chi connectivity index (χ3v) is 6.30. The molecule has 9 heteroatoms. The molecule has 9 nitrogen and oxygen atoms in total. The van der Waals surface area contributed by atoms with Gasteiger partial charge in [-0.2, -0.15) is 0 Å². The summed E-state index contributed by atoms with van der Waals surface area (Å²) in [6.07, 6.45) is 0.446. The molecule has 0 spiro atoms. The lowest BCUT2D eigenvalue weighted by atomic mass is 9.98. The number of rotatable bonds is 7. The third-order valence-electron chi connectivity index (χ3n) is 6.30. The molecule has 4 rings (SSSR count). The number of carboxylic acids is 1. The Morgan fingerprint density at radius 3 is 2.37 bits per heavy atom. The summed E-state index contributed by atoms with van der Waals surface area (Å²) in [6, 6.07) is 15.0. The van der Waals surface area contributed by atoms with Crippen molar-refractivity contribution in [3.8, 4) is 11.1 Å². The molecule has 1 fully saturated rings. The summed E-state index contributed by atoms with van der Waals surface area (Å²) in [7, 11) is 0. The van der Waals surface area contributed by atoms with Gasteiger partial charge in [0.05, 0.1) is 6.42 Å². The first kappa shape index (κ1) is 24.0. The highest BCUT2D eigenvalue weighted by molar-refractivity contribution is 5.98. The van der Waals surface area contributed by atoms with Gasteiger partial charge in [0, 0.05) is 31.1 Å². The Morgan fingerprint density at radius 1 is 1.11 bits per heavy atom. The molecule has 0 bridgehead atoms. The molecule has 1 aliphatic heterocycles. The van der Waals surface area contributed by atoms with E-state index in [1.807, 2.05) is 36.4 Å². The number of amides is 3. The molecule has 182 valence electrons.